The predicted molar refractivity (Wildman–Crippen MR) is 125 cm³/mol. The Balaban J connectivity index is 1.54. The van der Waals surface area contributed by atoms with Gasteiger partial charge in [0.25, 0.3) is 0 Å². The Hall–Kier alpha value is -3.79. The van der Waals surface area contributed by atoms with E-state index in [1.807, 2.05) is 25.1 Å². The molecular weight excluding hydrogens is 452 g/mol. The number of amides is 3. The van der Waals surface area contributed by atoms with Crippen LogP contribution >= 0.6 is 0 Å². The molecule has 3 saturated heterocycles. The number of anilines is 2. The first-order valence-electron chi connectivity index (χ1n) is 11.6. The standard InChI is InChI=1S/C25H24N4O6/c1-12-6-4-7-14-21(12)26-24(32)25(14)20-19(15-8-5-9-27(15)25)22(30)28(23(20)31)16-11-18(35-3)17(29(33)34)10-13(16)2/h4,6-7,10-11,15,19-20H,5,8-9H2,1-3H3,(H,26,32)/t15-,19+,20+,25+/m0/s1. The highest BCUT2D eigenvalue weighted by atomic mass is 16.6. The van der Waals surface area contributed by atoms with Gasteiger partial charge >= 0.3 is 5.69 Å². The number of aryl methyl sites for hydroxylation is 2. The van der Waals surface area contributed by atoms with E-state index >= 15 is 0 Å². The maximum atomic E-state index is 14.1. The minimum absolute atomic E-state index is 0.0370. The summed E-state index contributed by atoms with van der Waals surface area (Å²) in [5, 5.41) is 14.5. The second-order valence-electron chi connectivity index (χ2n) is 9.70. The van der Waals surface area contributed by atoms with Crippen molar-refractivity contribution >= 4 is 34.8 Å². The molecule has 4 aliphatic rings. The summed E-state index contributed by atoms with van der Waals surface area (Å²) in [6.45, 7) is 4.16. The van der Waals surface area contributed by atoms with Gasteiger partial charge in [-0.2, -0.15) is 0 Å². The van der Waals surface area contributed by atoms with Gasteiger partial charge < -0.3 is 10.1 Å². The van der Waals surface area contributed by atoms with Gasteiger partial charge in [-0.15, -0.1) is 0 Å². The average molecular weight is 476 g/mol. The SMILES string of the molecule is COc1cc(N2C(=O)[C@@H]3[C@@H]4CCCN4[C@@]4(C(=O)Nc5c(C)cccc54)[C@H]3C2=O)c(C)cc1[N+](=O)[O-]. The molecule has 4 aliphatic heterocycles. The molecule has 10 nitrogen and oxygen atoms in total. The molecule has 3 amide bonds. The Morgan fingerprint density at radius 2 is 1.91 bits per heavy atom. The monoisotopic (exact) mass is 476 g/mol. The molecule has 35 heavy (non-hydrogen) atoms. The molecule has 180 valence electrons. The Morgan fingerprint density at radius 3 is 2.63 bits per heavy atom. The number of nitrogens with one attached hydrogen (secondary N) is 1. The van der Waals surface area contributed by atoms with Gasteiger partial charge in [0.1, 0.15) is 5.54 Å². The van der Waals surface area contributed by atoms with Crippen LogP contribution in [0.2, 0.25) is 0 Å². The lowest BCUT2D eigenvalue weighted by atomic mass is 9.75. The van der Waals surface area contributed by atoms with Crippen molar-refractivity contribution in [2.45, 2.75) is 38.3 Å². The molecule has 4 atom stereocenters. The molecule has 0 unspecified atom stereocenters. The molecule has 0 bridgehead atoms. The second-order valence-corrected chi connectivity index (χ2v) is 9.70. The summed E-state index contributed by atoms with van der Waals surface area (Å²) >= 11 is 0. The van der Waals surface area contributed by atoms with Crippen molar-refractivity contribution in [3.63, 3.8) is 0 Å². The van der Waals surface area contributed by atoms with Crippen LogP contribution in [-0.4, -0.2) is 47.2 Å². The number of hydrogen-bond donors (Lipinski definition) is 1. The van der Waals surface area contributed by atoms with E-state index in [9.17, 15) is 24.5 Å². The number of para-hydroxylation sites is 1. The first-order chi connectivity index (χ1) is 16.7. The van der Waals surface area contributed by atoms with Gasteiger partial charge in [-0.1, -0.05) is 18.2 Å². The summed E-state index contributed by atoms with van der Waals surface area (Å²) in [6, 6.07) is 8.10. The number of nitrogens with zero attached hydrogens (tertiary/aromatic N) is 3. The molecule has 10 heteroatoms. The van der Waals surface area contributed by atoms with E-state index in [4.69, 9.17) is 4.74 Å². The molecule has 1 spiro atoms. The number of imide groups is 1. The summed E-state index contributed by atoms with van der Waals surface area (Å²) < 4.78 is 5.20. The average Bonchev–Trinajstić information content (AvgIpc) is 3.53. The molecule has 3 fully saturated rings. The lowest BCUT2D eigenvalue weighted by Gasteiger charge is -2.36. The molecule has 6 rings (SSSR count). The van der Waals surface area contributed by atoms with Crippen LogP contribution < -0.4 is 15.0 Å². The molecule has 4 heterocycles. The number of nitro groups is 1. The highest BCUT2D eigenvalue weighted by Gasteiger charge is 2.74. The van der Waals surface area contributed by atoms with Crippen molar-refractivity contribution in [2.75, 3.05) is 23.9 Å². The maximum absolute atomic E-state index is 14.1. The van der Waals surface area contributed by atoms with Crippen molar-refractivity contribution in [1.82, 2.24) is 4.90 Å². The van der Waals surface area contributed by atoms with E-state index < -0.39 is 28.2 Å². The highest BCUT2D eigenvalue weighted by Crippen LogP contribution is 2.61. The van der Waals surface area contributed by atoms with Crippen LogP contribution in [0.1, 0.15) is 29.5 Å². The summed E-state index contributed by atoms with van der Waals surface area (Å²) in [5.41, 5.74) is 1.50. The van der Waals surface area contributed by atoms with Crippen LogP contribution in [0.5, 0.6) is 5.75 Å². The molecule has 0 saturated carbocycles. The highest BCUT2D eigenvalue weighted by molar-refractivity contribution is 6.26. The molecule has 0 radical (unpaired) electrons. The smallest absolute Gasteiger partial charge is 0.311 e. The number of rotatable bonds is 3. The third kappa shape index (κ3) is 2.49. The minimum Gasteiger partial charge on any atom is -0.490 e. The zero-order valence-electron chi connectivity index (χ0n) is 19.5. The van der Waals surface area contributed by atoms with Gasteiger partial charge in [-0.25, -0.2) is 4.90 Å². The van der Waals surface area contributed by atoms with Crippen molar-refractivity contribution in [2.24, 2.45) is 11.8 Å². The van der Waals surface area contributed by atoms with Gasteiger partial charge in [0.15, 0.2) is 5.75 Å². The van der Waals surface area contributed by atoms with Crippen LogP contribution in [0, 0.1) is 35.8 Å². The van der Waals surface area contributed by atoms with Crippen molar-refractivity contribution in [3.8, 4) is 5.75 Å². The fraction of sp³-hybridized carbons (Fsp3) is 0.400. The number of methoxy groups -OCH3 is 1. The first-order valence-corrected chi connectivity index (χ1v) is 11.6. The third-order valence-corrected chi connectivity index (χ3v) is 8.17. The molecule has 0 aromatic heterocycles. The van der Waals surface area contributed by atoms with Crippen LogP contribution in [0.3, 0.4) is 0 Å². The second kappa shape index (κ2) is 7.11. The molecular formula is C25H24N4O6. The lowest BCUT2D eigenvalue weighted by Crippen LogP contribution is -2.54. The molecule has 2 aromatic rings. The summed E-state index contributed by atoms with van der Waals surface area (Å²) in [6.07, 6.45) is 1.54. The molecule has 1 N–H and O–H groups in total. The van der Waals surface area contributed by atoms with E-state index in [1.54, 1.807) is 6.92 Å². The fourth-order valence-electron chi connectivity index (χ4n) is 6.82. The van der Waals surface area contributed by atoms with Gasteiger partial charge in [-0.3, -0.25) is 29.4 Å². The number of nitro benzene ring substituents is 1. The van der Waals surface area contributed by atoms with Crippen molar-refractivity contribution < 1.29 is 24.0 Å². The van der Waals surface area contributed by atoms with Gasteiger partial charge in [0.05, 0.1) is 29.6 Å². The topological polar surface area (TPSA) is 122 Å². The minimum atomic E-state index is -1.26. The zero-order chi connectivity index (χ0) is 24.8. The number of benzene rings is 2. The molecule has 2 aromatic carbocycles. The maximum Gasteiger partial charge on any atom is 0.311 e. The Bertz CT molecular complexity index is 1360. The number of carbonyl (C=O) groups excluding carboxylic acids is 3. The lowest BCUT2D eigenvalue weighted by molar-refractivity contribution is -0.385. The largest absolute Gasteiger partial charge is 0.490 e. The normalized spacial score (nSPS) is 28.9. The van der Waals surface area contributed by atoms with Crippen LogP contribution in [0.15, 0.2) is 30.3 Å². The third-order valence-electron chi connectivity index (χ3n) is 8.17. The number of fused-ring (bicyclic) bond motifs is 7. The van der Waals surface area contributed by atoms with Gasteiger partial charge in [0.2, 0.25) is 17.7 Å². The fourth-order valence-corrected chi connectivity index (χ4v) is 6.82. The Morgan fingerprint density at radius 1 is 1.14 bits per heavy atom. The predicted octanol–water partition coefficient (Wildman–Crippen LogP) is 2.65. The zero-order valence-corrected chi connectivity index (χ0v) is 19.5. The van der Waals surface area contributed by atoms with E-state index in [2.05, 4.69) is 10.2 Å². The van der Waals surface area contributed by atoms with E-state index in [1.165, 1.54) is 19.2 Å². The number of hydrogen-bond acceptors (Lipinski definition) is 7. The summed E-state index contributed by atoms with van der Waals surface area (Å²) in [4.78, 5) is 55.9. The summed E-state index contributed by atoms with van der Waals surface area (Å²) in [7, 11) is 1.30. The number of ether oxygens (including phenoxy) is 1. The quantitative estimate of drug-likeness (QED) is 0.411. The van der Waals surface area contributed by atoms with Gasteiger partial charge in [-0.05, 0) is 44.4 Å². The van der Waals surface area contributed by atoms with Crippen molar-refractivity contribution in [1.29, 1.82) is 0 Å². The Kier molecular flexibility index (Phi) is 4.41. The Labute approximate surface area is 201 Å². The van der Waals surface area contributed by atoms with Crippen LogP contribution in [-0.2, 0) is 19.9 Å². The first kappa shape index (κ1) is 21.7. The van der Waals surface area contributed by atoms with Crippen molar-refractivity contribution in [3.05, 3.63) is 57.1 Å². The number of carbonyl (C=O) groups is 3. The molecule has 0 aliphatic carbocycles. The van der Waals surface area contributed by atoms with Crippen LogP contribution in [0.4, 0.5) is 17.1 Å². The van der Waals surface area contributed by atoms with Crippen LogP contribution in [0.25, 0.3) is 0 Å². The van der Waals surface area contributed by atoms with Gasteiger partial charge in [0, 0.05) is 29.4 Å². The van der Waals surface area contributed by atoms with E-state index in [0.717, 1.165) is 22.4 Å². The summed E-state index contributed by atoms with van der Waals surface area (Å²) in [5.74, 6) is -2.71. The van der Waals surface area contributed by atoms with E-state index in [-0.39, 0.29) is 35.0 Å². The van der Waals surface area contributed by atoms with E-state index in [0.29, 0.717) is 24.2 Å².